The van der Waals surface area contributed by atoms with Crippen LogP contribution >= 0.6 is 0 Å². The first kappa shape index (κ1) is 24.2. The standard InChI is InChI=1S/C24H24F3NO5/c1-5-13(2)20(23(30)31)21-14(3)28(19-11-10-17(32-4)12-18(19)21)22(29)15-6-8-16(9-7-15)33-24(25,26)27/h6-13,20H,5H2,1-4H3,(H,30,31). The Morgan fingerprint density at radius 1 is 1.09 bits per heavy atom. The molecule has 2 atom stereocenters. The van der Waals surface area contributed by atoms with Crippen molar-refractivity contribution < 1.29 is 37.3 Å². The van der Waals surface area contributed by atoms with Gasteiger partial charge >= 0.3 is 12.3 Å². The fraction of sp³-hybridized carbons (Fsp3) is 0.333. The smallest absolute Gasteiger partial charge is 0.497 e. The van der Waals surface area contributed by atoms with Crippen LogP contribution in [0.5, 0.6) is 11.5 Å². The highest BCUT2D eigenvalue weighted by Crippen LogP contribution is 2.39. The maximum absolute atomic E-state index is 13.4. The van der Waals surface area contributed by atoms with E-state index in [-0.39, 0.29) is 11.5 Å². The molecule has 176 valence electrons. The molecule has 1 aromatic heterocycles. The van der Waals surface area contributed by atoms with E-state index >= 15 is 0 Å². The van der Waals surface area contributed by atoms with Crippen molar-refractivity contribution in [1.82, 2.24) is 4.57 Å². The molecule has 1 N–H and O–H groups in total. The van der Waals surface area contributed by atoms with Crippen LogP contribution in [0.1, 0.15) is 47.8 Å². The molecule has 0 radical (unpaired) electrons. The van der Waals surface area contributed by atoms with Crippen LogP contribution in [0.2, 0.25) is 0 Å². The molecular weight excluding hydrogens is 439 g/mol. The number of benzene rings is 2. The second-order valence-electron chi connectivity index (χ2n) is 7.80. The number of fused-ring (bicyclic) bond motifs is 1. The van der Waals surface area contributed by atoms with Gasteiger partial charge in [0.1, 0.15) is 11.5 Å². The number of carboxylic acids is 1. The third-order valence-corrected chi connectivity index (χ3v) is 5.79. The maximum Gasteiger partial charge on any atom is 0.573 e. The van der Waals surface area contributed by atoms with E-state index in [1.54, 1.807) is 25.1 Å². The lowest BCUT2D eigenvalue weighted by Crippen LogP contribution is -2.21. The number of carboxylic acid groups (broad SMARTS) is 1. The van der Waals surface area contributed by atoms with E-state index in [9.17, 15) is 27.9 Å². The van der Waals surface area contributed by atoms with Crippen LogP contribution < -0.4 is 9.47 Å². The van der Waals surface area contributed by atoms with Crippen molar-refractivity contribution in [3.8, 4) is 11.5 Å². The van der Waals surface area contributed by atoms with Crippen LogP contribution in [0.15, 0.2) is 42.5 Å². The lowest BCUT2D eigenvalue weighted by molar-refractivity contribution is -0.274. The van der Waals surface area contributed by atoms with Crippen LogP contribution in [0, 0.1) is 12.8 Å². The van der Waals surface area contributed by atoms with Gasteiger partial charge in [0, 0.05) is 16.6 Å². The Morgan fingerprint density at radius 3 is 2.21 bits per heavy atom. The molecule has 33 heavy (non-hydrogen) atoms. The Morgan fingerprint density at radius 2 is 1.70 bits per heavy atom. The van der Waals surface area contributed by atoms with Crippen LogP contribution in [0.4, 0.5) is 13.2 Å². The number of carbonyl (C=O) groups is 2. The monoisotopic (exact) mass is 463 g/mol. The van der Waals surface area contributed by atoms with Gasteiger partial charge in [0.05, 0.1) is 18.5 Å². The molecule has 0 aliphatic heterocycles. The van der Waals surface area contributed by atoms with Gasteiger partial charge in [0.15, 0.2) is 0 Å². The number of methoxy groups -OCH3 is 1. The van der Waals surface area contributed by atoms with Gasteiger partial charge in [-0.2, -0.15) is 0 Å². The van der Waals surface area contributed by atoms with Gasteiger partial charge in [0.2, 0.25) is 0 Å². The third kappa shape index (κ3) is 4.81. The van der Waals surface area contributed by atoms with Crippen LogP contribution in [-0.4, -0.2) is 35.0 Å². The number of nitrogens with zero attached hydrogens (tertiary/aromatic N) is 1. The molecule has 2 aromatic carbocycles. The molecule has 0 saturated carbocycles. The largest absolute Gasteiger partial charge is 0.573 e. The lowest BCUT2D eigenvalue weighted by atomic mass is 9.84. The molecule has 0 fully saturated rings. The third-order valence-electron chi connectivity index (χ3n) is 5.79. The number of alkyl halides is 3. The number of halogens is 3. The molecule has 0 aliphatic carbocycles. The normalized spacial score (nSPS) is 13.5. The van der Waals surface area contributed by atoms with Crippen molar-refractivity contribution in [3.63, 3.8) is 0 Å². The SMILES string of the molecule is CCC(C)C(C(=O)O)c1c(C)n(C(=O)c2ccc(OC(F)(F)F)cc2)c2ccc(OC)cc12. The molecule has 0 bridgehead atoms. The van der Waals surface area contributed by atoms with Crippen molar-refractivity contribution in [3.05, 3.63) is 59.3 Å². The number of aliphatic carboxylic acids is 1. The minimum atomic E-state index is -4.84. The predicted octanol–water partition coefficient (Wildman–Crippen LogP) is 5.76. The number of rotatable bonds is 7. The first-order chi connectivity index (χ1) is 15.5. The molecular formula is C24H24F3NO5. The summed E-state index contributed by atoms with van der Waals surface area (Å²) in [6, 6.07) is 9.62. The van der Waals surface area contributed by atoms with Crippen molar-refractivity contribution in [2.75, 3.05) is 7.11 Å². The van der Waals surface area contributed by atoms with E-state index in [0.29, 0.717) is 34.3 Å². The van der Waals surface area contributed by atoms with Crippen LogP contribution in [0.25, 0.3) is 10.9 Å². The first-order valence-electron chi connectivity index (χ1n) is 10.3. The minimum absolute atomic E-state index is 0.127. The Labute approximate surface area is 188 Å². The minimum Gasteiger partial charge on any atom is -0.497 e. The highest BCUT2D eigenvalue weighted by atomic mass is 19.4. The van der Waals surface area contributed by atoms with Gasteiger partial charge in [-0.15, -0.1) is 13.2 Å². The van der Waals surface area contributed by atoms with Gasteiger partial charge < -0.3 is 14.6 Å². The van der Waals surface area contributed by atoms with E-state index in [1.165, 1.54) is 23.8 Å². The highest BCUT2D eigenvalue weighted by molar-refractivity contribution is 6.05. The molecule has 9 heteroatoms. The van der Waals surface area contributed by atoms with E-state index in [4.69, 9.17) is 4.74 Å². The average molecular weight is 463 g/mol. The zero-order chi connectivity index (χ0) is 24.5. The molecule has 0 spiro atoms. The molecule has 0 amide bonds. The molecule has 3 aromatic rings. The molecule has 3 rings (SSSR count). The topological polar surface area (TPSA) is 77.8 Å². The molecule has 2 unspecified atom stereocenters. The number of hydrogen-bond donors (Lipinski definition) is 1. The summed E-state index contributed by atoms with van der Waals surface area (Å²) >= 11 is 0. The Balaban J connectivity index is 2.18. The zero-order valence-corrected chi connectivity index (χ0v) is 18.6. The summed E-state index contributed by atoms with van der Waals surface area (Å²) in [6.07, 6.45) is -4.23. The van der Waals surface area contributed by atoms with Crippen molar-refractivity contribution in [2.45, 2.75) is 39.5 Å². The second kappa shape index (κ2) is 9.17. The van der Waals surface area contributed by atoms with Gasteiger partial charge in [-0.25, -0.2) is 0 Å². The van der Waals surface area contributed by atoms with Gasteiger partial charge in [-0.05, 0) is 60.9 Å². The van der Waals surface area contributed by atoms with Crippen LogP contribution in [0.3, 0.4) is 0 Å². The van der Waals surface area contributed by atoms with E-state index in [0.717, 1.165) is 12.1 Å². The van der Waals surface area contributed by atoms with Crippen LogP contribution in [-0.2, 0) is 4.79 Å². The van der Waals surface area contributed by atoms with Gasteiger partial charge in [0.25, 0.3) is 5.91 Å². The van der Waals surface area contributed by atoms with E-state index in [2.05, 4.69) is 4.74 Å². The summed E-state index contributed by atoms with van der Waals surface area (Å²) < 4.78 is 47.9. The number of carbonyl (C=O) groups excluding carboxylic acids is 1. The van der Waals surface area contributed by atoms with Crippen molar-refractivity contribution in [2.24, 2.45) is 5.92 Å². The Bertz CT molecular complexity index is 1180. The quantitative estimate of drug-likeness (QED) is 0.482. The molecule has 1 heterocycles. The van der Waals surface area contributed by atoms with Gasteiger partial charge in [-0.3, -0.25) is 14.2 Å². The first-order valence-corrected chi connectivity index (χ1v) is 10.3. The summed E-state index contributed by atoms with van der Waals surface area (Å²) in [5.74, 6) is -2.51. The summed E-state index contributed by atoms with van der Waals surface area (Å²) in [7, 11) is 1.49. The predicted molar refractivity (Wildman–Crippen MR) is 116 cm³/mol. The Hall–Kier alpha value is -3.49. The summed E-state index contributed by atoms with van der Waals surface area (Å²) in [5, 5.41) is 10.6. The fourth-order valence-corrected chi connectivity index (χ4v) is 4.02. The number of ether oxygens (including phenoxy) is 2. The second-order valence-corrected chi connectivity index (χ2v) is 7.80. The molecule has 0 saturated heterocycles. The summed E-state index contributed by atoms with van der Waals surface area (Å²) in [4.78, 5) is 25.6. The van der Waals surface area contributed by atoms with Crippen molar-refractivity contribution in [1.29, 1.82) is 0 Å². The van der Waals surface area contributed by atoms with Gasteiger partial charge in [-0.1, -0.05) is 20.3 Å². The molecule has 0 aliphatic rings. The number of aromatic nitrogens is 1. The lowest BCUT2D eigenvalue weighted by Gasteiger charge is -2.20. The summed E-state index contributed by atoms with van der Waals surface area (Å²) in [6.45, 7) is 5.40. The van der Waals surface area contributed by atoms with E-state index in [1.807, 2.05) is 13.8 Å². The average Bonchev–Trinajstić information content (AvgIpc) is 3.03. The summed E-state index contributed by atoms with van der Waals surface area (Å²) in [5.41, 5.74) is 1.57. The fourth-order valence-electron chi connectivity index (χ4n) is 4.02. The van der Waals surface area contributed by atoms with Crippen molar-refractivity contribution >= 4 is 22.8 Å². The maximum atomic E-state index is 13.4. The number of hydrogen-bond acceptors (Lipinski definition) is 4. The zero-order valence-electron chi connectivity index (χ0n) is 18.6. The molecule has 6 nitrogen and oxygen atoms in total. The van der Waals surface area contributed by atoms with E-state index < -0.39 is 29.9 Å². The highest BCUT2D eigenvalue weighted by Gasteiger charge is 2.33. The Kier molecular flexibility index (Phi) is 6.71.